The van der Waals surface area contributed by atoms with Crippen LogP contribution < -0.4 is 0 Å². The molecule has 0 N–H and O–H groups in total. The van der Waals surface area contributed by atoms with Gasteiger partial charge in [0.2, 0.25) is 0 Å². The molecule has 1 heterocycles. The van der Waals surface area contributed by atoms with E-state index in [-0.39, 0.29) is 10.8 Å². The molecule has 0 aliphatic rings. The Kier molecular flexibility index (Phi) is 7.93. The van der Waals surface area contributed by atoms with Crippen molar-refractivity contribution in [2.75, 3.05) is 0 Å². The molecule has 0 saturated heterocycles. The predicted octanol–water partition coefficient (Wildman–Crippen LogP) is 6.98. The number of nitrogens with zero attached hydrogens (tertiary/aromatic N) is 2. The summed E-state index contributed by atoms with van der Waals surface area (Å²) in [6.07, 6.45) is 0. The van der Waals surface area contributed by atoms with Crippen LogP contribution in [-0.4, -0.2) is 9.97 Å². The van der Waals surface area contributed by atoms with Crippen LogP contribution in [0.15, 0.2) is 24.3 Å². The monoisotopic (exact) mass is 424 g/mol. The van der Waals surface area contributed by atoms with E-state index in [2.05, 4.69) is 55.4 Å². The van der Waals surface area contributed by atoms with Crippen LogP contribution in [0.1, 0.15) is 66.8 Å². The van der Waals surface area contributed by atoms with E-state index in [1.54, 1.807) is 0 Å². The SMILES string of the molecule is C[C-](c1nc2ccccc2nc1[C-](C)C(C)(C)C)C(C)(C)C.[Cl][Ni+2][Cl]. The second-order valence-electron chi connectivity index (χ2n) is 8.20. The van der Waals surface area contributed by atoms with Crippen molar-refractivity contribution < 1.29 is 12.7 Å². The first-order valence-electron chi connectivity index (χ1n) is 8.21. The zero-order valence-corrected chi connectivity index (χ0v) is 18.8. The van der Waals surface area contributed by atoms with Gasteiger partial charge >= 0.3 is 33.0 Å². The summed E-state index contributed by atoms with van der Waals surface area (Å²) in [7, 11) is 9.40. The minimum atomic E-state index is 0.0735. The van der Waals surface area contributed by atoms with E-state index in [0.29, 0.717) is 12.7 Å². The Hall–Kier alpha value is -0.626. The van der Waals surface area contributed by atoms with Gasteiger partial charge in [-0.05, 0) is 12.1 Å². The molecule has 1 aromatic heterocycles. The third kappa shape index (κ3) is 5.95. The zero-order chi connectivity index (χ0) is 19.4. The van der Waals surface area contributed by atoms with E-state index in [1.807, 2.05) is 24.3 Å². The third-order valence-corrected chi connectivity index (χ3v) is 4.53. The van der Waals surface area contributed by atoms with Gasteiger partial charge in [-0.3, -0.25) is 11.8 Å². The van der Waals surface area contributed by atoms with Crippen molar-refractivity contribution in [1.29, 1.82) is 0 Å². The number of aromatic nitrogens is 2. The minimum absolute atomic E-state index is 0.0735. The fraction of sp³-hybridized carbons (Fsp3) is 0.500. The molecular weight excluding hydrogens is 398 g/mol. The maximum absolute atomic E-state index is 4.96. The third-order valence-electron chi connectivity index (χ3n) is 4.53. The summed E-state index contributed by atoms with van der Waals surface area (Å²) in [5.41, 5.74) is 4.16. The van der Waals surface area contributed by atoms with E-state index < -0.39 is 0 Å². The Morgan fingerprint density at radius 2 is 1.04 bits per heavy atom. The number of halogens is 2. The van der Waals surface area contributed by atoms with Gasteiger partial charge in [0.15, 0.2) is 0 Å². The molecule has 0 aliphatic carbocycles. The van der Waals surface area contributed by atoms with Crippen molar-refractivity contribution >= 4 is 31.4 Å². The maximum atomic E-state index is 4.96. The van der Waals surface area contributed by atoms with E-state index >= 15 is 0 Å². The molecule has 0 bridgehead atoms. The van der Waals surface area contributed by atoms with Crippen molar-refractivity contribution in [3.63, 3.8) is 0 Å². The Balaban J connectivity index is 0.000000970. The first-order valence-corrected chi connectivity index (χ1v) is 10.9. The predicted molar refractivity (Wildman–Crippen MR) is 106 cm³/mol. The first-order chi connectivity index (χ1) is 11.4. The molecule has 0 fully saturated rings. The summed E-state index contributed by atoms with van der Waals surface area (Å²) >= 11 is 0.569. The molecule has 0 saturated carbocycles. The number of hydrogen-bond donors (Lipinski definition) is 0. The van der Waals surface area contributed by atoms with Gasteiger partial charge in [0.1, 0.15) is 0 Å². The molecule has 2 aromatic rings. The van der Waals surface area contributed by atoms with Crippen LogP contribution in [0.4, 0.5) is 0 Å². The first kappa shape index (κ1) is 22.4. The van der Waals surface area contributed by atoms with Gasteiger partial charge in [-0.2, -0.15) is 0 Å². The van der Waals surface area contributed by atoms with E-state index in [9.17, 15) is 0 Å². The summed E-state index contributed by atoms with van der Waals surface area (Å²) in [5.74, 6) is 2.56. The molecule has 1 aromatic carbocycles. The molecule has 0 amide bonds. The molecule has 0 spiro atoms. The van der Waals surface area contributed by atoms with Crippen molar-refractivity contribution in [1.82, 2.24) is 9.97 Å². The quantitative estimate of drug-likeness (QED) is 0.383. The van der Waals surface area contributed by atoms with Gasteiger partial charge in [-0.25, -0.2) is 11.4 Å². The molecule has 142 valence electrons. The molecule has 2 nitrogen and oxygen atoms in total. The molecule has 0 aliphatic heterocycles. The molecular formula is C20H28Cl2N2Ni. The number of fused-ring (bicyclic) bond motifs is 1. The molecule has 25 heavy (non-hydrogen) atoms. The van der Waals surface area contributed by atoms with Crippen LogP contribution in [0.25, 0.3) is 11.0 Å². The standard InChI is InChI=1S/C20H28N2.2ClH.Ni/c1-13(19(3,4)5)17-18(14(2)20(6,7)8)22-16-12-10-9-11-15(16)21-17;;;/h9-12H,1-8H3;2*1H;/q-2;;;+4/p-2. The van der Waals surface area contributed by atoms with Gasteiger partial charge in [-0.1, -0.05) is 64.5 Å². The summed E-state index contributed by atoms with van der Waals surface area (Å²) in [5, 5.41) is 0. The summed E-state index contributed by atoms with van der Waals surface area (Å²) in [6, 6.07) is 8.12. The van der Waals surface area contributed by atoms with Crippen LogP contribution in [-0.2, 0) is 12.7 Å². The second-order valence-corrected chi connectivity index (χ2v) is 9.84. The van der Waals surface area contributed by atoms with Crippen molar-refractivity contribution in [3.8, 4) is 0 Å². The fourth-order valence-electron chi connectivity index (χ4n) is 2.23. The van der Waals surface area contributed by atoms with E-state index in [0.717, 1.165) is 22.4 Å². The van der Waals surface area contributed by atoms with Crippen molar-refractivity contribution in [2.45, 2.75) is 55.4 Å². The van der Waals surface area contributed by atoms with Gasteiger partial charge in [0.05, 0.1) is 11.0 Å². The van der Waals surface area contributed by atoms with E-state index in [4.69, 9.17) is 30.4 Å². The Labute approximate surface area is 167 Å². The van der Waals surface area contributed by atoms with Gasteiger partial charge in [0.25, 0.3) is 0 Å². The second kappa shape index (κ2) is 8.84. The summed E-state index contributed by atoms with van der Waals surface area (Å²) in [4.78, 5) is 9.91. The van der Waals surface area contributed by atoms with Crippen LogP contribution in [0.5, 0.6) is 0 Å². The van der Waals surface area contributed by atoms with Crippen LogP contribution in [0, 0.1) is 22.7 Å². The van der Waals surface area contributed by atoms with Crippen molar-refractivity contribution in [3.05, 3.63) is 47.5 Å². The Morgan fingerprint density at radius 3 is 1.28 bits per heavy atom. The topological polar surface area (TPSA) is 25.8 Å². The van der Waals surface area contributed by atoms with E-state index in [1.165, 1.54) is 11.8 Å². The van der Waals surface area contributed by atoms with Gasteiger partial charge < -0.3 is 9.97 Å². The normalized spacial score (nSPS) is 11.9. The van der Waals surface area contributed by atoms with Crippen LogP contribution in [0.3, 0.4) is 0 Å². The average molecular weight is 426 g/mol. The average Bonchev–Trinajstić information content (AvgIpc) is 2.51. The van der Waals surface area contributed by atoms with Crippen LogP contribution in [0.2, 0.25) is 0 Å². The molecule has 0 radical (unpaired) electrons. The molecule has 0 unspecified atom stereocenters. The van der Waals surface area contributed by atoms with Gasteiger partial charge in [0, 0.05) is 0 Å². The molecule has 5 heteroatoms. The summed E-state index contributed by atoms with van der Waals surface area (Å²) in [6.45, 7) is 17.7. The number of para-hydroxylation sites is 2. The number of benzene rings is 1. The zero-order valence-electron chi connectivity index (χ0n) is 16.3. The summed E-state index contributed by atoms with van der Waals surface area (Å²) < 4.78 is 0. The number of hydrogen-bond acceptors (Lipinski definition) is 2. The Morgan fingerprint density at radius 1 is 0.760 bits per heavy atom. The van der Waals surface area contributed by atoms with Crippen LogP contribution >= 0.6 is 20.4 Å². The van der Waals surface area contributed by atoms with Crippen molar-refractivity contribution in [2.24, 2.45) is 10.8 Å². The number of rotatable bonds is 2. The molecule has 2 rings (SSSR count). The molecule has 0 atom stereocenters. The fourth-order valence-corrected chi connectivity index (χ4v) is 2.23. The Bertz CT molecular complexity index is 632. The van der Waals surface area contributed by atoms with Gasteiger partial charge in [-0.15, -0.1) is 13.8 Å².